The van der Waals surface area contributed by atoms with Gasteiger partial charge in [0.15, 0.2) is 0 Å². The molecule has 5 nitrogen and oxygen atoms in total. The Morgan fingerprint density at radius 2 is 1.90 bits per heavy atom. The Morgan fingerprint density at radius 1 is 1.17 bits per heavy atom. The van der Waals surface area contributed by atoms with Crippen LogP contribution in [0.2, 0.25) is 0 Å². The summed E-state index contributed by atoms with van der Waals surface area (Å²) in [5.41, 5.74) is 8.59. The van der Waals surface area contributed by atoms with E-state index in [1.54, 1.807) is 41.7 Å². The van der Waals surface area contributed by atoms with E-state index >= 15 is 0 Å². The van der Waals surface area contributed by atoms with Crippen LogP contribution in [0, 0.1) is 0 Å². The minimum atomic E-state index is -2.76. The molecule has 2 aromatic carbocycles. The van der Waals surface area contributed by atoms with Crippen LogP contribution in [-0.2, 0) is 4.57 Å². The first kappa shape index (κ1) is 22.1. The third kappa shape index (κ3) is 4.94. The molecule has 3 rings (SSSR count). The number of amides is 1. The minimum absolute atomic E-state index is 0.0101. The molecule has 30 heavy (non-hydrogen) atoms. The number of benzene rings is 2. The number of hydrogen-bond acceptors (Lipinski definition) is 5. The topological polar surface area (TPSA) is 81.4 Å². The molecule has 3 aromatic rings. The summed E-state index contributed by atoms with van der Waals surface area (Å²) < 4.78 is 18.8. The van der Waals surface area contributed by atoms with Crippen LogP contribution in [-0.4, -0.2) is 17.7 Å². The molecule has 0 saturated carbocycles. The van der Waals surface area contributed by atoms with E-state index in [9.17, 15) is 9.36 Å². The molecule has 1 aromatic heterocycles. The number of anilines is 2. The first-order chi connectivity index (χ1) is 14.4. The highest BCUT2D eigenvalue weighted by Gasteiger charge is 2.28. The van der Waals surface area contributed by atoms with Gasteiger partial charge in [0.25, 0.3) is 5.91 Å². The van der Waals surface area contributed by atoms with Crippen LogP contribution in [0.3, 0.4) is 0 Å². The lowest BCUT2D eigenvalue weighted by Crippen LogP contribution is -2.13. The third-order valence-corrected chi connectivity index (χ3v) is 9.22. The van der Waals surface area contributed by atoms with Crippen molar-refractivity contribution in [3.63, 3.8) is 0 Å². The average Bonchev–Trinajstić information content (AvgIpc) is 3.30. The molecule has 0 saturated heterocycles. The molecular weight excluding hydrogens is 415 g/mol. The van der Waals surface area contributed by atoms with E-state index in [2.05, 4.69) is 5.32 Å². The van der Waals surface area contributed by atoms with Gasteiger partial charge in [0.2, 0.25) is 7.37 Å². The quantitative estimate of drug-likeness (QED) is 0.299. The second-order valence-electron chi connectivity index (χ2n) is 7.15. The maximum absolute atomic E-state index is 13.0. The van der Waals surface area contributed by atoms with E-state index in [1.807, 2.05) is 50.4 Å². The van der Waals surface area contributed by atoms with Gasteiger partial charge in [0.1, 0.15) is 5.75 Å². The number of nitrogen functional groups attached to an aromatic ring is 1. The van der Waals surface area contributed by atoms with Gasteiger partial charge in [0, 0.05) is 22.3 Å². The molecule has 158 valence electrons. The zero-order valence-electron chi connectivity index (χ0n) is 17.4. The van der Waals surface area contributed by atoms with Crippen LogP contribution >= 0.6 is 18.7 Å². The van der Waals surface area contributed by atoms with E-state index in [1.165, 1.54) is 0 Å². The molecule has 2 unspecified atom stereocenters. The van der Waals surface area contributed by atoms with E-state index in [0.29, 0.717) is 28.8 Å². The van der Waals surface area contributed by atoms with Gasteiger partial charge in [-0.2, -0.15) is 0 Å². The average molecular weight is 443 g/mol. The maximum Gasteiger partial charge on any atom is 0.255 e. The van der Waals surface area contributed by atoms with Crippen LogP contribution in [0.4, 0.5) is 11.4 Å². The van der Waals surface area contributed by atoms with Gasteiger partial charge < -0.3 is 15.6 Å². The lowest BCUT2D eigenvalue weighted by molar-refractivity contribution is 0.102. The zero-order valence-corrected chi connectivity index (χ0v) is 19.1. The Labute approximate surface area is 181 Å². The normalized spacial score (nSPS) is 14.0. The molecule has 7 heteroatoms. The molecule has 1 amide bonds. The van der Waals surface area contributed by atoms with Gasteiger partial charge in [-0.15, -0.1) is 11.3 Å². The van der Waals surface area contributed by atoms with Crippen LogP contribution in [0.15, 0.2) is 60.0 Å². The summed E-state index contributed by atoms with van der Waals surface area (Å²) in [6.45, 7) is 5.83. The number of nitrogens with one attached hydrogen (secondary N) is 1. The van der Waals surface area contributed by atoms with E-state index in [4.69, 9.17) is 10.3 Å². The van der Waals surface area contributed by atoms with Gasteiger partial charge in [-0.25, -0.2) is 0 Å². The standard InChI is InChI=1S/C23H27N2O3PS/c1-4-16(3)29(27,5-2)28-19-11-8-17(9-12-19)23(26)25-21-15-18(10-13-20(21)24)22-7-6-14-30-22/h6-16H,4-5,24H2,1-3H3,(H,25,26). The summed E-state index contributed by atoms with van der Waals surface area (Å²) in [7, 11) is -2.76. The Hall–Kier alpha value is -2.56. The summed E-state index contributed by atoms with van der Waals surface area (Å²) in [4.78, 5) is 13.8. The summed E-state index contributed by atoms with van der Waals surface area (Å²) in [5.74, 6) is 0.244. The van der Waals surface area contributed by atoms with Crippen LogP contribution in [0.25, 0.3) is 10.4 Å². The maximum atomic E-state index is 13.0. The summed E-state index contributed by atoms with van der Waals surface area (Å²) >= 11 is 1.63. The third-order valence-electron chi connectivity index (χ3n) is 5.19. The molecule has 0 aliphatic carbocycles. The Kier molecular flexibility index (Phi) is 7.01. The first-order valence-electron chi connectivity index (χ1n) is 9.99. The van der Waals surface area contributed by atoms with Gasteiger partial charge >= 0.3 is 0 Å². The number of nitrogens with two attached hydrogens (primary N) is 1. The zero-order chi connectivity index (χ0) is 21.7. The predicted molar refractivity (Wildman–Crippen MR) is 127 cm³/mol. The second kappa shape index (κ2) is 9.50. The summed E-state index contributed by atoms with van der Waals surface area (Å²) in [6.07, 6.45) is 1.27. The van der Waals surface area contributed by atoms with Crippen molar-refractivity contribution in [2.24, 2.45) is 0 Å². The van der Waals surface area contributed by atoms with Crippen molar-refractivity contribution < 1.29 is 13.9 Å². The summed E-state index contributed by atoms with van der Waals surface area (Å²) in [5, 5.41) is 4.89. The van der Waals surface area contributed by atoms with Gasteiger partial charge in [-0.05, 0) is 59.8 Å². The van der Waals surface area contributed by atoms with E-state index in [0.717, 1.165) is 16.9 Å². The van der Waals surface area contributed by atoms with Crippen molar-refractivity contribution in [2.45, 2.75) is 32.9 Å². The molecule has 1 heterocycles. The van der Waals surface area contributed by atoms with Crippen LogP contribution in [0.5, 0.6) is 5.75 Å². The number of carbonyl (C=O) groups is 1. The molecule has 0 spiro atoms. The Bertz CT molecular complexity index is 1050. The van der Waals surface area contributed by atoms with Crippen molar-refractivity contribution >= 4 is 36.0 Å². The van der Waals surface area contributed by atoms with Crippen molar-refractivity contribution in [3.05, 3.63) is 65.5 Å². The first-order valence-corrected chi connectivity index (χ1v) is 12.7. The molecule has 3 N–H and O–H groups in total. The SMILES string of the molecule is CCC(C)P(=O)(CC)Oc1ccc(C(=O)Nc2cc(-c3cccs3)ccc2N)cc1. The highest BCUT2D eigenvalue weighted by atomic mass is 32.1. The second-order valence-corrected chi connectivity index (χ2v) is 11.2. The predicted octanol–water partition coefficient (Wildman–Crippen LogP) is 6.72. The molecule has 0 radical (unpaired) electrons. The number of carbonyl (C=O) groups excluding carboxylic acids is 1. The fourth-order valence-electron chi connectivity index (χ4n) is 3.05. The number of thiophene rings is 1. The van der Waals surface area contributed by atoms with Crippen molar-refractivity contribution in [1.82, 2.24) is 0 Å². The highest BCUT2D eigenvalue weighted by Crippen LogP contribution is 2.52. The largest absolute Gasteiger partial charge is 0.443 e. The summed E-state index contributed by atoms with van der Waals surface area (Å²) in [6, 6.07) is 16.3. The lowest BCUT2D eigenvalue weighted by Gasteiger charge is -2.23. The molecule has 0 aliphatic rings. The fourth-order valence-corrected chi connectivity index (χ4v) is 5.74. The van der Waals surface area contributed by atoms with Gasteiger partial charge in [-0.3, -0.25) is 9.36 Å². The number of rotatable bonds is 8. The monoisotopic (exact) mass is 442 g/mol. The van der Waals surface area contributed by atoms with E-state index < -0.39 is 7.37 Å². The van der Waals surface area contributed by atoms with Crippen molar-refractivity contribution in [3.8, 4) is 16.2 Å². The smallest absolute Gasteiger partial charge is 0.255 e. The highest BCUT2D eigenvalue weighted by molar-refractivity contribution is 7.60. The van der Waals surface area contributed by atoms with Crippen molar-refractivity contribution in [1.29, 1.82) is 0 Å². The van der Waals surface area contributed by atoms with Gasteiger partial charge in [0.05, 0.1) is 11.4 Å². The van der Waals surface area contributed by atoms with Crippen LogP contribution in [0.1, 0.15) is 37.6 Å². The van der Waals surface area contributed by atoms with Crippen LogP contribution < -0.4 is 15.6 Å². The Balaban J connectivity index is 1.74. The fraction of sp³-hybridized carbons (Fsp3) is 0.261. The molecule has 0 bridgehead atoms. The minimum Gasteiger partial charge on any atom is -0.443 e. The van der Waals surface area contributed by atoms with E-state index in [-0.39, 0.29) is 11.6 Å². The molecular formula is C23H27N2O3PS. The van der Waals surface area contributed by atoms with Gasteiger partial charge in [-0.1, -0.05) is 32.9 Å². The van der Waals surface area contributed by atoms with Crippen molar-refractivity contribution in [2.75, 3.05) is 17.2 Å². The number of hydrogen-bond donors (Lipinski definition) is 2. The molecule has 0 fully saturated rings. The molecule has 2 atom stereocenters. The lowest BCUT2D eigenvalue weighted by atomic mass is 10.1. The molecule has 0 aliphatic heterocycles. The Morgan fingerprint density at radius 3 is 2.50 bits per heavy atom.